The molecule has 4 aromatic carbocycles. The third kappa shape index (κ3) is 34.6. The summed E-state index contributed by atoms with van der Waals surface area (Å²) in [5.41, 5.74) is 22.5. The van der Waals surface area contributed by atoms with Gasteiger partial charge in [0, 0.05) is 25.7 Å². The second-order valence-corrected chi connectivity index (χ2v) is 29.0. The number of carboxylic acid groups (broad SMARTS) is 3. The second-order valence-electron chi connectivity index (χ2n) is 22.5. The van der Waals surface area contributed by atoms with Gasteiger partial charge in [0.05, 0.1) is 73.0 Å². The minimum atomic E-state index is -4.55. The quantitative estimate of drug-likeness (QED) is 0.00253. The summed E-state index contributed by atoms with van der Waals surface area (Å²) >= 11 is 0. The Labute approximate surface area is 656 Å². The number of aliphatic hydroxyl groups excluding tert-OH is 4. The third-order valence-electron chi connectivity index (χ3n) is 14.5. The van der Waals surface area contributed by atoms with Crippen LogP contribution < -0.4 is 116 Å². The SMILES string of the molecule is CC(C)[C@H](N)C(=O)N[C@@H](CCCN=C(N)N)C(=O)NCC(=O)N[C@@H](CC(=O)O)C(=O)N[C@H](Cc1ccc(OCCCNC(=O)/N=N/c2ccccn2)cc1)C(=O)O.NC(C(=O)O)C(CO)C(NCO)(NCO)NCO.O=S(=O)(O)c1cccc(P(c2cccc(S(=O)(=O)O)c2)c2cccc(S(=O)(=O)O)c2)c1.[99Tc+4].[Na+]. The molecule has 108 heavy (non-hydrogen) atoms. The fraction of sp³-hybridized carbons (Fsp3) is 0.377. The smallest absolute Gasteiger partial charge is 0.494 e. The van der Waals surface area contributed by atoms with E-state index in [2.05, 4.69) is 62.7 Å². The van der Waals surface area contributed by atoms with Crippen LogP contribution in [-0.2, 0) is 90.4 Å². The maximum Gasteiger partial charge on any atom is 4.00 e. The van der Waals surface area contributed by atoms with Crippen molar-refractivity contribution in [2.75, 3.05) is 53.0 Å². The van der Waals surface area contributed by atoms with Crippen LogP contribution in [0.4, 0.5) is 10.6 Å². The van der Waals surface area contributed by atoms with Gasteiger partial charge in [-0.2, -0.15) is 25.3 Å². The molecule has 26 N–H and O–H groups in total. The molecule has 1 heterocycles. The number of azo groups is 1. The van der Waals surface area contributed by atoms with Crippen LogP contribution in [0.25, 0.3) is 0 Å². The van der Waals surface area contributed by atoms with Crippen molar-refractivity contribution >= 4 is 114 Å². The molecule has 0 bridgehead atoms. The van der Waals surface area contributed by atoms with E-state index >= 15 is 0 Å². The van der Waals surface area contributed by atoms with Gasteiger partial charge in [-0.05, 0) is 115 Å². The number of carbonyl (C=O) groups is 8. The first kappa shape index (κ1) is 97.9. The van der Waals surface area contributed by atoms with Crippen LogP contribution in [0, 0.1) is 11.8 Å². The average Bonchev–Trinajstić information content (AvgIpc) is 0.773. The molecule has 6 atom stereocenters. The zero-order chi connectivity index (χ0) is 79.5. The van der Waals surface area contributed by atoms with Crippen molar-refractivity contribution in [2.45, 2.75) is 96.6 Å². The summed E-state index contributed by atoms with van der Waals surface area (Å²) in [4.78, 5) is 104. The van der Waals surface area contributed by atoms with E-state index in [9.17, 15) is 92.6 Å². The number of carbonyl (C=O) groups excluding carboxylic acids is 5. The molecule has 5 aromatic rings. The Morgan fingerprint density at radius 2 is 1.12 bits per heavy atom. The molecule has 47 heteroatoms. The molecule has 5 rings (SSSR count). The number of nitrogens with one attached hydrogen (secondary N) is 8. The summed E-state index contributed by atoms with van der Waals surface area (Å²) in [6, 6.07) is 19.6. The Kier molecular flexibility index (Phi) is 43.9. The first-order chi connectivity index (χ1) is 49.8. The minimum absolute atomic E-state index is 0. The number of guanidine groups is 1. The maximum absolute atomic E-state index is 13.1. The van der Waals surface area contributed by atoms with Gasteiger partial charge in [-0.25, -0.2) is 14.6 Å². The number of rotatable bonds is 40. The van der Waals surface area contributed by atoms with Crippen LogP contribution in [0.1, 0.15) is 45.1 Å². The number of aliphatic imine (C=N–C) groups is 1. The van der Waals surface area contributed by atoms with Gasteiger partial charge in [-0.1, -0.05) is 73.6 Å². The molecule has 2 unspecified atom stereocenters. The number of aliphatic carboxylic acids is 3. The molecule has 0 aliphatic rings. The van der Waals surface area contributed by atoms with Crippen molar-refractivity contribution in [1.29, 1.82) is 0 Å². The normalized spacial score (nSPS) is 13.1. The summed E-state index contributed by atoms with van der Waals surface area (Å²) in [7, 11) is -15.4. The minimum Gasteiger partial charge on any atom is -0.494 e. The second kappa shape index (κ2) is 48.4. The standard InChI is InChI=1S/C35H50N12O10.C18H15O9PS3.C8H20N4O6.Na.Tc/c1-20(2)29(36)32(53)44-23(7-5-14-40-34(37)38)30(51)42-19-27(48)43-24(18-28(49)50)31(52)45-25(33(54)55)17-21-9-11-22(12-10-21)57-16-6-15-41-35(56)47-46-26-8-3-4-13-39-26;19-29(20,21)16-7-1-4-13(10-16)28(14-5-2-8-17(11-14)30(22,23)24)15-6-3-9-18(12-15)31(25,26)27;9-6(7(17)18)5(1-13)8(10-2-14,11-3-15)12-4-16;;/h3-4,8-13,20,23-25,29H,5-7,14-19,36H2,1-2H3,(H,41,56)(H,42,51)(H,43,48)(H,44,53)(H,45,52)(H,49,50)(H,54,55)(H4,37,38,40);1-12H,(H,19,20,21)(H,22,23,24)(H,25,26,27);5-6,10-16H,1-4,9H2,(H,17,18);;/q;;;+1;+4/b47-46+;;;;/t23-,24-,25+,29-;;;;/m0..../s1/i;;;;1+1. The molecule has 6 amide bonds. The van der Waals surface area contributed by atoms with E-state index in [-0.39, 0.29) is 100 Å². The van der Waals surface area contributed by atoms with E-state index in [0.29, 0.717) is 39.5 Å². The van der Waals surface area contributed by atoms with Crippen molar-refractivity contribution in [1.82, 2.24) is 47.5 Å². The van der Waals surface area contributed by atoms with Crippen LogP contribution in [0.2, 0.25) is 0 Å². The van der Waals surface area contributed by atoms with Crippen LogP contribution in [-0.4, -0.2) is 222 Å². The van der Waals surface area contributed by atoms with Gasteiger partial charge in [0.25, 0.3) is 30.4 Å². The number of benzene rings is 4. The summed E-state index contributed by atoms with van der Waals surface area (Å²) in [5, 5.41) is 91.3. The fourth-order valence-corrected chi connectivity index (χ4v) is 13.4. The van der Waals surface area contributed by atoms with E-state index in [0.717, 1.165) is 18.2 Å². The molecule has 0 aliphatic heterocycles. The zero-order valence-corrected chi connectivity index (χ0v) is 65.2. The predicted octanol–water partition coefficient (Wildman–Crippen LogP) is -7.48. The number of nitrogens with zero attached hydrogens (tertiary/aromatic N) is 4. The number of amides is 6. The van der Waals surface area contributed by atoms with E-state index in [4.69, 9.17) is 48.1 Å². The number of nitrogens with two attached hydrogens (primary N) is 4. The Bertz CT molecular complexity index is 3990. The molecule has 0 saturated heterocycles. The number of hydrogen-bond donors (Lipinski definition) is 22. The van der Waals surface area contributed by atoms with Gasteiger partial charge in [0.15, 0.2) is 11.8 Å². The fourth-order valence-electron chi connectivity index (χ4n) is 9.14. The number of hydrogen-bond acceptors (Lipinski definition) is 27. The zero-order valence-electron chi connectivity index (χ0n) is 58.0. The molecular weight excluding hydrogens is 1610 g/mol. The molecule has 1 aromatic heterocycles. The number of carboxylic acids is 3. The van der Waals surface area contributed by atoms with Crippen LogP contribution in [0.5, 0.6) is 5.75 Å². The first-order valence-corrected chi connectivity index (χ1v) is 36.9. The summed E-state index contributed by atoms with van der Waals surface area (Å²) in [5.74, 6) is -10.2. The molecular formula is C61H85N16NaO25PS3Tc+5. The van der Waals surface area contributed by atoms with Gasteiger partial charge in [0.2, 0.25) is 23.6 Å². The Morgan fingerprint density at radius 1 is 0.611 bits per heavy atom. The van der Waals surface area contributed by atoms with E-state index in [1.54, 1.807) is 56.3 Å². The van der Waals surface area contributed by atoms with Gasteiger partial charge >= 0.3 is 73.6 Å². The summed E-state index contributed by atoms with van der Waals surface area (Å²) < 4.78 is 103. The number of pyridine rings is 1. The number of urea groups is 1. The van der Waals surface area contributed by atoms with Crippen LogP contribution in [0.15, 0.2) is 151 Å². The molecule has 0 fully saturated rings. The first-order valence-electron chi connectivity index (χ1n) is 31.3. The topological polar surface area (TPSA) is 701 Å². The van der Waals surface area contributed by atoms with Crippen molar-refractivity contribution in [3.05, 3.63) is 127 Å². The Hall–Kier alpha value is -8.09. The number of aromatic nitrogens is 1. The van der Waals surface area contributed by atoms with Gasteiger partial charge in [-0.15, -0.1) is 5.11 Å². The molecule has 0 aliphatic carbocycles. The molecule has 585 valence electrons. The molecule has 0 saturated carbocycles. The summed E-state index contributed by atoms with van der Waals surface area (Å²) in [6.45, 7) is 0.864. The van der Waals surface area contributed by atoms with Crippen molar-refractivity contribution < 1.29 is 167 Å². The van der Waals surface area contributed by atoms with Gasteiger partial charge in [-0.3, -0.25) is 63.4 Å². The van der Waals surface area contributed by atoms with Crippen LogP contribution in [0.3, 0.4) is 0 Å². The Balaban J connectivity index is 0.000000948. The molecule has 0 spiro atoms. The largest absolute Gasteiger partial charge is 4.00 e. The van der Waals surface area contributed by atoms with Crippen molar-refractivity contribution in [3.63, 3.8) is 0 Å². The average molecular weight is 1690 g/mol. The Morgan fingerprint density at radius 3 is 1.55 bits per heavy atom. The van der Waals surface area contributed by atoms with E-state index < -0.39 is 182 Å². The van der Waals surface area contributed by atoms with Crippen molar-refractivity contribution in [2.24, 2.45) is 50.0 Å². The van der Waals surface area contributed by atoms with E-state index in [1.165, 1.54) is 60.8 Å². The number of aliphatic hydroxyl groups is 4. The predicted molar refractivity (Wildman–Crippen MR) is 378 cm³/mol. The monoisotopic (exact) mass is 1690 g/mol. The third-order valence-corrected chi connectivity index (χ3v) is 19.4. The van der Waals surface area contributed by atoms with Crippen molar-refractivity contribution in [3.8, 4) is 5.75 Å². The van der Waals surface area contributed by atoms with Crippen LogP contribution >= 0.6 is 7.92 Å². The van der Waals surface area contributed by atoms with Gasteiger partial charge < -0.3 is 90.0 Å². The number of ether oxygens (including phenoxy) is 1. The van der Waals surface area contributed by atoms with E-state index in [1.807, 2.05) is 0 Å². The summed E-state index contributed by atoms with van der Waals surface area (Å²) in [6.07, 6.45) is 1.19. The van der Waals surface area contributed by atoms with Gasteiger partial charge in [0.1, 0.15) is 35.7 Å². The molecule has 1 radical (unpaired) electrons. The molecule has 41 nitrogen and oxygen atoms in total. The maximum atomic E-state index is 13.1.